The van der Waals surface area contributed by atoms with Gasteiger partial charge in [0.25, 0.3) is 0 Å². The van der Waals surface area contributed by atoms with Crippen LogP contribution in [0.25, 0.3) is 0 Å². The largest absolute Gasteiger partial charge is 0.511 e. The monoisotopic (exact) mass is 575 g/mol. The zero-order chi connectivity index (χ0) is 30.7. The first-order chi connectivity index (χ1) is 19.8. The first-order valence-electron chi connectivity index (χ1n) is 13.7. The summed E-state index contributed by atoms with van der Waals surface area (Å²) < 4.78 is 5.15. The number of hydrogen-bond acceptors (Lipinski definition) is 10. The molecule has 10 heteroatoms. The van der Waals surface area contributed by atoms with Gasteiger partial charge in [0.2, 0.25) is 5.78 Å². The smallest absolute Gasteiger partial charge is 0.209 e. The van der Waals surface area contributed by atoms with E-state index in [1.165, 1.54) is 0 Å². The molecule has 4 N–H and O–H groups in total. The number of carbonyl (C=O) groups is 4. The second-order valence-electron chi connectivity index (χ2n) is 11.5. The van der Waals surface area contributed by atoms with Gasteiger partial charge in [-0.1, -0.05) is 12.1 Å². The first-order valence-corrected chi connectivity index (χ1v) is 13.7. The number of anilines is 1. The number of phenolic OH excluding ortho intramolecular Hbond substituents is 1. The van der Waals surface area contributed by atoms with Crippen molar-refractivity contribution in [3.63, 3.8) is 0 Å². The van der Waals surface area contributed by atoms with Crippen LogP contribution in [0.3, 0.4) is 0 Å². The normalized spacial score (nSPS) is 23.3. The van der Waals surface area contributed by atoms with Gasteiger partial charge < -0.3 is 30.1 Å². The number of benzene rings is 2. The maximum atomic E-state index is 14.0. The molecule has 3 aliphatic rings. The van der Waals surface area contributed by atoms with Crippen LogP contribution in [0.5, 0.6) is 11.5 Å². The van der Waals surface area contributed by atoms with Crippen LogP contribution in [0.4, 0.5) is 5.69 Å². The van der Waals surface area contributed by atoms with E-state index < -0.39 is 57.6 Å². The molecule has 5 rings (SSSR count). The number of ether oxygens (including phenoxy) is 1. The van der Waals surface area contributed by atoms with Crippen molar-refractivity contribution in [3.05, 3.63) is 75.3 Å². The maximum Gasteiger partial charge on any atom is 0.209 e. The Morgan fingerprint density at radius 2 is 1.71 bits per heavy atom. The number of fused-ring (bicyclic) bond motifs is 3. The van der Waals surface area contributed by atoms with E-state index in [-0.39, 0.29) is 54.6 Å². The molecule has 0 spiro atoms. The van der Waals surface area contributed by atoms with Crippen LogP contribution in [-0.4, -0.2) is 70.4 Å². The van der Waals surface area contributed by atoms with Crippen molar-refractivity contribution in [2.75, 3.05) is 26.1 Å². The quantitative estimate of drug-likeness (QED) is 0.361. The molecule has 42 heavy (non-hydrogen) atoms. The zero-order valence-corrected chi connectivity index (χ0v) is 23.9. The van der Waals surface area contributed by atoms with Crippen molar-refractivity contribution in [1.29, 1.82) is 0 Å². The van der Waals surface area contributed by atoms with E-state index in [0.717, 1.165) is 12.5 Å². The number of allylic oxidation sites excluding steroid dienone is 2. The molecular formula is C32H33NO9. The molecule has 10 nitrogen and oxygen atoms in total. The molecule has 0 aromatic heterocycles. The number of aliphatic hydroxyl groups excluding tert-OH is 2. The lowest BCUT2D eigenvalue weighted by Gasteiger charge is -2.46. The van der Waals surface area contributed by atoms with Crippen molar-refractivity contribution < 1.29 is 44.3 Å². The fraction of sp³-hybridized carbons (Fsp3) is 0.375. The molecule has 2 aromatic rings. The van der Waals surface area contributed by atoms with Crippen LogP contribution in [-0.2, 0) is 33.6 Å². The van der Waals surface area contributed by atoms with E-state index in [9.17, 15) is 39.6 Å². The fourth-order valence-electron chi connectivity index (χ4n) is 6.61. The summed E-state index contributed by atoms with van der Waals surface area (Å²) in [6, 6.07) is 8.71. The molecule has 3 aliphatic carbocycles. The second-order valence-corrected chi connectivity index (χ2v) is 11.5. The lowest BCUT2D eigenvalue weighted by Crippen LogP contribution is -2.56. The predicted octanol–water partition coefficient (Wildman–Crippen LogP) is 3.11. The van der Waals surface area contributed by atoms with Crippen LogP contribution in [0, 0.1) is 11.8 Å². The SMILES string of the molecule is COc1ccc(CC(=O)Cc2cc(N(C)C)c3c(c2O)C(=O)C2=C(O)C4(O)C(=O)C(C(C)=O)=C(O)CC4CC2C3)cc1. The van der Waals surface area contributed by atoms with Crippen LogP contribution >= 0.6 is 0 Å². The summed E-state index contributed by atoms with van der Waals surface area (Å²) in [5.74, 6) is -5.49. The second kappa shape index (κ2) is 10.4. The molecule has 220 valence electrons. The minimum absolute atomic E-state index is 0.0811. The maximum absolute atomic E-state index is 14.0. The molecule has 3 atom stereocenters. The minimum Gasteiger partial charge on any atom is -0.511 e. The number of rotatable bonds is 7. The molecule has 2 aromatic carbocycles. The molecule has 3 unspecified atom stereocenters. The van der Waals surface area contributed by atoms with Crippen LogP contribution in [0.2, 0.25) is 0 Å². The van der Waals surface area contributed by atoms with Gasteiger partial charge in [-0.3, -0.25) is 19.2 Å². The van der Waals surface area contributed by atoms with Gasteiger partial charge in [0.1, 0.15) is 34.4 Å². The van der Waals surface area contributed by atoms with Crippen molar-refractivity contribution >= 4 is 28.8 Å². The number of aromatic hydroxyl groups is 1. The van der Waals surface area contributed by atoms with Crippen molar-refractivity contribution in [2.45, 2.75) is 44.6 Å². The van der Waals surface area contributed by atoms with Crippen LogP contribution in [0.15, 0.2) is 53.0 Å². The zero-order valence-electron chi connectivity index (χ0n) is 23.9. The van der Waals surface area contributed by atoms with Crippen molar-refractivity contribution in [2.24, 2.45) is 11.8 Å². The number of phenols is 1. The Morgan fingerprint density at radius 1 is 1.05 bits per heavy atom. The first kappa shape index (κ1) is 29.1. The number of ketones is 4. The Morgan fingerprint density at radius 3 is 2.31 bits per heavy atom. The highest BCUT2D eigenvalue weighted by atomic mass is 16.5. The van der Waals surface area contributed by atoms with Gasteiger partial charge in [-0.25, -0.2) is 0 Å². The third-order valence-corrected chi connectivity index (χ3v) is 8.65. The van der Waals surface area contributed by atoms with Crippen LogP contribution in [0.1, 0.15) is 46.8 Å². The third-order valence-electron chi connectivity index (χ3n) is 8.65. The topological polar surface area (TPSA) is 162 Å². The fourth-order valence-corrected chi connectivity index (χ4v) is 6.61. The average Bonchev–Trinajstić information content (AvgIpc) is 2.92. The lowest BCUT2D eigenvalue weighted by molar-refractivity contribution is -0.144. The number of carbonyl (C=O) groups excluding carboxylic acids is 4. The van der Waals surface area contributed by atoms with E-state index in [1.807, 2.05) is 0 Å². The predicted molar refractivity (Wildman–Crippen MR) is 152 cm³/mol. The molecule has 0 saturated heterocycles. The van der Waals surface area contributed by atoms with E-state index in [1.54, 1.807) is 56.4 Å². The summed E-state index contributed by atoms with van der Waals surface area (Å²) in [5.41, 5.74) is -1.34. The molecule has 0 amide bonds. The van der Waals surface area contributed by atoms with E-state index in [4.69, 9.17) is 4.74 Å². The number of methoxy groups -OCH3 is 1. The number of hydrogen-bond donors (Lipinski definition) is 4. The van der Waals surface area contributed by atoms with E-state index in [0.29, 0.717) is 17.0 Å². The van der Waals surface area contributed by atoms with Crippen molar-refractivity contribution in [3.8, 4) is 11.5 Å². The summed E-state index contributed by atoms with van der Waals surface area (Å²) in [4.78, 5) is 54.1. The summed E-state index contributed by atoms with van der Waals surface area (Å²) in [6.45, 7) is 1.07. The van der Waals surface area contributed by atoms with E-state index >= 15 is 0 Å². The molecule has 0 fully saturated rings. The average molecular weight is 576 g/mol. The summed E-state index contributed by atoms with van der Waals surface area (Å²) in [5, 5.41) is 44.6. The van der Waals surface area contributed by atoms with Gasteiger partial charge in [0, 0.05) is 56.1 Å². The summed E-state index contributed by atoms with van der Waals surface area (Å²) >= 11 is 0. The molecule has 0 bridgehead atoms. The standard InChI is InChI=1S/C32H33NO9/c1-15(34)25-24(36)14-19-10-17-12-22-23(33(2)3)13-18(11-20(35)9-16-5-7-21(42-4)8-6-16)28(37)27(22)29(38)26(17)31(40)32(19,41)30(25)39/h5-8,13,17,19,36-37,40-41H,9-12,14H2,1-4H3. The van der Waals surface area contributed by atoms with Gasteiger partial charge in [0.05, 0.1) is 12.7 Å². The number of nitrogens with zero attached hydrogens (tertiary/aromatic N) is 1. The molecular weight excluding hydrogens is 542 g/mol. The van der Waals surface area contributed by atoms with Crippen molar-refractivity contribution in [1.82, 2.24) is 0 Å². The number of Topliss-reactive ketones (excluding diaryl/α,β-unsaturated/α-hetero) is 4. The van der Waals surface area contributed by atoms with Gasteiger partial charge in [0.15, 0.2) is 17.2 Å². The summed E-state index contributed by atoms with van der Waals surface area (Å²) in [6.07, 6.45) is -0.00327. The number of aliphatic hydroxyl groups is 3. The highest BCUT2D eigenvalue weighted by Crippen LogP contribution is 2.52. The molecule has 0 radical (unpaired) electrons. The lowest BCUT2D eigenvalue weighted by atomic mass is 9.60. The Hall–Kier alpha value is -4.44. The summed E-state index contributed by atoms with van der Waals surface area (Å²) in [7, 11) is 5.09. The third kappa shape index (κ3) is 4.46. The Kier molecular flexibility index (Phi) is 7.22. The Balaban J connectivity index is 1.56. The highest BCUT2D eigenvalue weighted by molar-refractivity contribution is 6.25. The molecule has 0 heterocycles. The molecule has 0 saturated carbocycles. The Bertz CT molecular complexity index is 1600. The minimum atomic E-state index is -2.56. The van der Waals surface area contributed by atoms with Crippen LogP contribution < -0.4 is 9.64 Å². The van der Waals surface area contributed by atoms with Gasteiger partial charge in [-0.05, 0) is 55.0 Å². The highest BCUT2D eigenvalue weighted by Gasteiger charge is 2.59. The Labute approximate surface area is 242 Å². The van der Waals surface area contributed by atoms with Gasteiger partial charge >= 0.3 is 0 Å². The van der Waals surface area contributed by atoms with Gasteiger partial charge in [-0.2, -0.15) is 0 Å². The molecule has 0 aliphatic heterocycles. The van der Waals surface area contributed by atoms with E-state index in [2.05, 4.69) is 0 Å². The van der Waals surface area contributed by atoms with Gasteiger partial charge in [-0.15, -0.1) is 0 Å².